The summed E-state index contributed by atoms with van der Waals surface area (Å²) >= 11 is 1.95. The third-order valence-corrected chi connectivity index (χ3v) is 6.93. The zero-order valence-corrected chi connectivity index (χ0v) is 17.1. The number of fused-ring (bicyclic) bond motifs is 1. The van der Waals surface area contributed by atoms with Gasteiger partial charge in [-0.25, -0.2) is 4.79 Å². The summed E-state index contributed by atoms with van der Waals surface area (Å²) in [4.78, 5) is 38.5. The molecule has 3 amide bonds. The number of thioether (sulfide) groups is 1. The number of amides is 3. The number of ketones is 1. The largest absolute Gasteiger partial charge is 0.346 e. The molecule has 0 saturated carbocycles. The first-order valence-electron chi connectivity index (χ1n) is 9.78. The number of carbonyl (C=O) groups excluding carboxylic acids is 3. The first-order chi connectivity index (χ1) is 12.4. The molecule has 1 N–H and O–H groups in total. The van der Waals surface area contributed by atoms with Crippen LogP contribution in [0.2, 0.25) is 0 Å². The molecule has 2 aliphatic heterocycles. The predicted octanol–water partition coefficient (Wildman–Crippen LogP) is 2.66. The molecule has 2 saturated heterocycles. The number of hydrogen-bond donors (Lipinski definition) is 1. The fourth-order valence-electron chi connectivity index (χ4n) is 3.82. The molecule has 2 heterocycles. The van der Waals surface area contributed by atoms with Crippen molar-refractivity contribution >= 4 is 29.5 Å². The lowest BCUT2D eigenvalue weighted by Crippen LogP contribution is -2.38. The van der Waals surface area contributed by atoms with E-state index in [0.29, 0.717) is 30.2 Å². The lowest BCUT2D eigenvalue weighted by molar-refractivity contribution is -0.130. The van der Waals surface area contributed by atoms with Crippen LogP contribution in [0.25, 0.3) is 0 Å². The fraction of sp³-hybridized carbons (Fsp3) is 0.842. The van der Waals surface area contributed by atoms with E-state index < -0.39 is 0 Å². The van der Waals surface area contributed by atoms with Crippen LogP contribution < -0.4 is 5.32 Å². The van der Waals surface area contributed by atoms with Gasteiger partial charge >= 0.3 is 6.03 Å². The normalized spacial score (nSPS) is 24.5. The van der Waals surface area contributed by atoms with Crippen LogP contribution in [0.3, 0.4) is 0 Å². The molecular formula is C19H33N3O3S. The van der Waals surface area contributed by atoms with Crippen LogP contribution in [-0.2, 0) is 9.59 Å². The summed E-state index contributed by atoms with van der Waals surface area (Å²) in [6, 6.07) is 0.643. The Labute approximate surface area is 161 Å². The minimum atomic E-state index is 0.0467. The molecule has 6 nitrogen and oxygen atoms in total. The van der Waals surface area contributed by atoms with Crippen LogP contribution >= 0.6 is 11.8 Å². The van der Waals surface area contributed by atoms with Crippen LogP contribution in [0.1, 0.15) is 58.3 Å². The SMILES string of the molecule is CC(=O)CCCCCN(C)C(=O)CCCC[C@@H]1SC[C@@H]2NC(=O)N(C)[C@@H]21. The molecule has 0 aromatic rings. The molecule has 0 unspecified atom stereocenters. The van der Waals surface area contributed by atoms with Crippen molar-refractivity contribution in [3.05, 3.63) is 0 Å². The minimum absolute atomic E-state index is 0.0467. The van der Waals surface area contributed by atoms with Crippen molar-refractivity contribution < 1.29 is 14.4 Å². The zero-order chi connectivity index (χ0) is 19.1. The molecular weight excluding hydrogens is 350 g/mol. The van der Waals surface area contributed by atoms with Gasteiger partial charge in [-0.05, 0) is 32.6 Å². The maximum absolute atomic E-state index is 12.2. The van der Waals surface area contributed by atoms with Gasteiger partial charge in [0, 0.05) is 44.5 Å². The van der Waals surface area contributed by atoms with Gasteiger partial charge in [0.2, 0.25) is 5.91 Å². The van der Waals surface area contributed by atoms with Gasteiger partial charge in [-0.15, -0.1) is 0 Å². The van der Waals surface area contributed by atoms with Crippen molar-refractivity contribution in [2.45, 2.75) is 75.6 Å². The maximum Gasteiger partial charge on any atom is 0.317 e. The maximum atomic E-state index is 12.2. The Hall–Kier alpha value is -1.24. The second kappa shape index (κ2) is 10.2. The number of carbonyl (C=O) groups is 3. The number of nitrogens with one attached hydrogen (secondary N) is 1. The second-order valence-corrected chi connectivity index (χ2v) is 8.88. The Morgan fingerprint density at radius 1 is 1.19 bits per heavy atom. The third kappa shape index (κ3) is 5.89. The van der Waals surface area contributed by atoms with Crippen LogP contribution in [0.15, 0.2) is 0 Å². The van der Waals surface area contributed by atoms with Gasteiger partial charge in [0.15, 0.2) is 0 Å². The van der Waals surface area contributed by atoms with E-state index in [-0.39, 0.29) is 17.7 Å². The van der Waals surface area contributed by atoms with E-state index in [9.17, 15) is 14.4 Å². The first kappa shape index (κ1) is 21.1. The van der Waals surface area contributed by atoms with Gasteiger partial charge in [0.05, 0.1) is 12.1 Å². The van der Waals surface area contributed by atoms with E-state index in [1.54, 1.807) is 6.92 Å². The molecule has 3 atom stereocenters. The van der Waals surface area contributed by atoms with Crippen LogP contribution in [-0.4, -0.2) is 71.2 Å². The van der Waals surface area contributed by atoms with Crippen LogP contribution in [0.4, 0.5) is 4.79 Å². The van der Waals surface area contributed by atoms with Gasteiger partial charge < -0.3 is 19.9 Å². The third-order valence-electron chi connectivity index (χ3n) is 5.44. The van der Waals surface area contributed by atoms with E-state index in [1.165, 1.54) is 0 Å². The lowest BCUT2D eigenvalue weighted by atomic mass is 10.0. The molecule has 0 aromatic carbocycles. The summed E-state index contributed by atoms with van der Waals surface area (Å²) in [6.07, 6.45) is 7.13. The van der Waals surface area contributed by atoms with E-state index in [0.717, 1.165) is 50.8 Å². The number of urea groups is 1. The smallest absolute Gasteiger partial charge is 0.317 e. The number of nitrogens with zero attached hydrogens (tertiary/aromatic N) is 2. The highest BCUT2D eigenvalue weighted by Gasteiger charge is 2.46. The number of Topliss-reactive ketones (excluding diaryl/α,β-unsaturated/α-hetero) is 1. The summed E-state index contributed by atoms with van der Waals surface area (Å²) in [5.41, 5.74) is 0. The van der Waals surface area contributed by atoms with Crippen molar-refractivity contribution in [1.82, 2.24) is 15.1 Å². The highest BCUT2D eigenvalue weighted by molar-refractivity contribution is 8.00. The summed E-state index contributed by atoms with van der Waals surface area (Å²) in [5, 5.41) is 3.52. The van der Waals surface area contributed by atoms with E-state index in [1.807, 2.05) is 35.7 Å². The lowest BCUT2D eigenvalue weighted by Gasteiger charge is -2.23. The van der Waals surface area contributed by atoms with Gasteiger partial charge in [-0.3, -0.25) is 4.79 Å². The number of hydrogen-bond acceptors (Lipinski definition) is 4. The molecule has 0 spiro atoms. The van der Waals surface area contributed by atoms with Crippen LogP contribution in [0.5, 0.6) is 0 Å². The average molecular weight is 384 g/mol. The molecule has 0 aromatic heterocycles. The molecule has 2 rings (SSSR count). The first-order valence-corrected chi connectivity index (χ1v) is 10.8. The van der Waals surface area contributed by atoms with Crippen molar-refractivity contribution in [2.75, 3.05) is 26.4 Å². The highest BCUT2D eigenvalue weighted by Crippen LogP contribution is 2.36. The van der Waals surface area contributed by atoms with E-state index in [4.69, 9.17) is 0 Å². The molecule has 2 aliphatic rings. The Kier molecular flexibility index (Phi) is 8.25. The standard InChI is InChI=1S/C19H33N3O3S/c1-14(23)9-5-4-8-12-21(2)17(24)11-7-6-10-16-18-15(13-26-16)20-19(25)22(18)3/h15-16,18H,4-13H2,1-3H3,(H,20,25)/t15-,16-,18-/m0/s1. The molecule has 0 aliphatic carbocycles. The molecule has 148 valence electrons. The summed E-state index contributed by atoms with van der Waals surface area (Å²) < 4.78 is 0. The number of unbranched alkanes of at least 4 members (excludes halogenated alkanes) is 3. The van der Waals surface area contributed by atoms with Gasteiger partial charge in [0.25, 0.3) is 0 Å². The van der Waals surface area contributed by atoms with Gasteiger partial charge in [-0.1, -0.05) is 12.8 Å². The molecule has 0 radical (unpaired) electrons. The van der Waals surface area contributed by atoms with Crippen molar-refractivity contribution in [1.29, 1.82) is 0 Å². The highest BCUT2D eigenvalue weighted by atomic mass is 32.2. The van der Waals surface area contributed by atoms with Crippen molar-refractivity contribution in [3.63, 3.8) is 0 Å². The van der Waals surface area contributed by atoms with Crippen molar-refractivity contribution in [3.8, 4) is 0 Å². The average Bonchev–Trinajstić information content (AvgIpc) is 3.11. The summed E-state index contributed by atoms with van der Waals surface area (Å²) in [6.45, 7) is 2.40. The monoisotopic (exact) mass is 383 g/mol. The Bertz CT molecular complexity index is 514. The molecule has 26 heavy (non-hydrogen) atoms. The Morgan fingerprint density at radius 3 is 2.65 bits per heavy atom. The van der Waals surface area contributed by atoms with Gasteiger partial charge in [-0.2, -0.15) is 11.8 Å². The Balaban J connectivity index is 1.55. The number of rotatable bonds is 11. The van der Waals surface area contributed by atoms with E-state index in [2.05, 4.69) is 5.32 Å². The van der Waals surface area contributed by atoms with Crippen LogP contribution in [0, 0.1) is 0 Å². The number of likely N-dealkylation sites (N-methyl/N-ethyl adjacent to an activating group) is 1. The topological polar surface area (TPSA) is 69.7 Å². The minimum Gasteiger partial charge on any atom is -0.346 e. The second-order valence-electron chi connectivity index (χ2n) is 7.60. The molecule has 7 heteroatoms. The zero-order valence-electron chi connectivity index (χ0n) is 16.3. The van der Waals surface area contributed by atoms with Crippen molar-refractivity contribution in [2.24, 2.45) is 0 Å². The summed E-state index contributed by atoms with van der Waals surface area (Å²) in [5.74, 6) is 1.45. The summed E-state index contributed by atoms with van der Waals surface area (Å²) in [7, 11) is 3.75. The van der Waals surface area contributed by atoms with E-state index >= 15 is 0 Å². The molecule has 0 bridgehead atoms. The fourth-order valence-corrected chi connectivity index (χ4v) is 5.45. The molecule has 2 fully saturated rings. The quantitative estimate of drug-likeness (QED) is 0.440. The van der Waals surface area contributed by atoms with Gasteiger partial charge in [0.1, 0.15) is 5.78 Å². The Morgan fingerprint density at radius 2 is 1.92 bits per heavy atom. The predicted molar refractivity (Wildman–Crippen MR) is 105 cm³/mol.